The van der Waals surface area contributed by atoms with Crippen LogP contribution >= 0.6 is 19.6 Å². The highest BCUT2D eigenvalue weighted by molar-refractivity contribution is 8.17. The van der Waals surface area contributed by atoms with Crippen molar-refractivity contribution in [3.05, 3.63) is 69.4 Å². The van der Waals surface area contributed by atoms with E-state index in [2.05, 4.69) is 14.5 Å². The van der Waals surface area contributed by atoms with E-state index in [0.717, 1.165) is 23.1 Å². The Morgan fingerprint density at radius 2 is 2.00 bits per heavy atom. The van der Waals surface area contributed by atoms with Crippen molar-refractivity contribution in [3.8, 4) is 0 Å². The number of aromatic nitrogens is 2. The highest BCUT2D eigenvalue weighted by atomic mass is 32.2. The molecule has 0 fully saturated rings. The van der Waals surface area contributed by atoms with Gasteiger partial charge in [-0.2, -0.15) is 13.2 Å². The van der Waals surface area contributed by atoms with Crippen molar-refractivity contribution in [2.24, 2.45) is 0 Å². The van der Waals surface area contributed by atoms with E-state index in [-0.39, 0.29) is 34.9 Å². The summed E-state index contributed by atoms with van der Waals surface area (Å²) in [5.41, 5.74) is 5.01. The number of nitrogens with zero attached hydrogens (tertiary/aromatic N) is 3. The van der Waals surface area contributed by atoms with E-state index in [1.54, 1.807) is 6.92 Å². The van der Waals surface area contributed by atoms with E-state index in [0.29, 0.717) is 41.7 Å². The van der Waals surface area contributed by atoms with Crippen LogP contribution in [0.25, 0.3) is 6.08 Å². The molecule has 16 heteroatoms. The van der Waals surface area contributed by atoms with Gasteiger partial charge in [-0.3, -0.25) is 14.1 Å². The maximum Gasteiger partial charge on any atom is 0.469 e. The van der Waals surface area contributed by atoms with E-state index in [4.69, 9.17) is 15.5 Å². The Kier molecular flexibility index (Phi) is 10.7. The third kappa shape index (κ3) is 9.65. The summed E-state index contributed by atoms with van der Waals surface area (Å²) in [6, 6.07) is 1.83. The minimum Gasteiger partial charge on any atom is -0.383 e. The molecule has 0 spiro atoms. The smallest absolute Gasteiger partial charge is 0.383 e. The zero-order valence-corrected chi connectivity index (χ0v) is 21.7. The predicted molar refractivity (Wildman–Crippen MR) is 131 cm³/mol. The fourth-order valence-electron chi connectivity index (χ4n) is 2.93. The number of anilines is 1. The molecular weight excluding hydrogens is 555 g/mol. The summed E-state index contributed by atoms with van der Waals surface area (Å²) in [4.78, 5) is 51.7. The number of hydrogen-bond acceptors (Lipinski definition) is 8. The van der Waals surface area contributed by atoms with Gasteiger partial charge in [0.2, 0.25) is 11.5 Å². The van der Waals surface area contributed by atoms with Crippen molar-refractivity contribution < 1.29 is 46.0 Å². The van der Waals surface area contributed by atoms with Crippen LogP contribution in [-0.4, -0.2) is 42.8 Å². The monoisotopic (exact) mass is 578 g/mol. The summed E-state index contributed by atoms with van der Waals surface area (Å²) in [5, 5.41) is -0.709. The number of phosphoric ester groups is 1. The standard InChI is InChI=1S/C22H23F4N4O6PS/c1-13(30(12-31)11-16-10-28-14(2)29-21(16)27)19(7-8-36-37(33,34)35)38-20(32)6-4-15-3-5-17(9-18(15)23)22(24,25)26/h3-6,9-10,12H,7-8,11H2,1-2H3,(H2,27,28,29)(H2,33,34,35)/b6-4+,19-13-. The second-order valence-corrected chi connectivity index (χ2v) is 9.97. The summed E-state index contributed by atoms with van der Waals surface area (Å²) in [7, 11) is -4.83. The van der Waals surface area contributed by atoms with Gasteiger partial charge in [0.1, 0.15) is 17.5 Å². The average molecular weight is 578 g/mol. The van der Waals surface area contributed by atoms with Gasteiger partial charge in [-0.25, -0.2) is 18.9 Å². The zero-order valence-electron chi connectivity index (χ0n) is 20.0. The summed E-state index contributed by atoms with van der Waals surface area (Å²) < 4.78 is 67.8. The molecule has 0 saturated carbocycles. The van der Waals surface area contributed by atoms with E-state index in [1.165, 1.54) is 13.1 Å². The number of benzene rings is 1. The van der Waals surface area contributed by atoms with Crippen molar-refractivity contribution in [1.29, 1.82) is 0 Å². The summed E-state index contributed by atoms with van der Waals surface area (Å²) in [6.07, 6.45) is -1.20. The van der Waals surface area contributed by atoms with Crippen molar-refractivity contribution in [1.82, 2.24) is 14.9 Å². The third-order valence-corrected chi connectivity index (χ3v) is 6.46. The fourth-order valence-corrected chi connectivity index (χ4v) is 4.09. The molecule has 206 valence electrons. The Labute approximate surface area is 218 Å². The normalized spacial score (nSPS) is 12.9. The molecule has 0 unspecified atom stereocenters. The molecule has 0 atom stereocenters. The number of allylic oxidation sites excluding steroid dienone is 1. The van der Waals surface area contributed by atoms with Crippen LogP contribution in [0.3, 0.4) is 0 Å². The van der Waals surface area contributed by atoms with Gasteiger partial charge in [-0.15, -0.1) is 0 Å². The molecule has 0 aliphatic carbocycles. The second kappa shape index (κ2) is 13.1. The van der Waals surface area contributed by atoms with Crippen LogP contribution in [0.5, 0.6) is 0 Å². The first-order valence-electron chi connectivity index (χ1n) is 10.6. The lowest BCUT2D eigenvalue weighted by atomic mass is 10.1. The predicted octanol–water partition coefficient (Wildman–Crippen LogP) is 4.19. The molecule has 1 aromatic heterocycles. The van der Waals surface area contributed by atoms with Crippen LogP contribution in [0.4, 0.5) is 23.4 Å². The number of carbonyl (C=O) groups is 2. The van der Waals surface area contributed by atoms with Crippen LogP contribution in [0.15, 0.2) is 41.1 Å². The van der Waals surface area contributed by atoms with Gasteiger partial charge >= 0.3 is 14.0 Å². The molecule has 0 bridgehead atoms. The summed E-state index contributed by atoms with van der Waals surface area (Å²) in [6.45, 7) is 2.48. The number of nitrogen functional groups attached to an aromatic ring is 1. The fraction of sp³-hybridized carbons (Fsp3) is 0.273. The number of halogens is 4. The molecule has 0 aliphatic rings. The maximum atomic E-state index is 14.1. The lowest BCUT2D eigenvalue weighted by Gasteiger charge is -2.22. The Morgan fingerprint density at radius 3 is 2.55 bits per heavy atom. The lowest BCUT2D eigenvalue weighted by molar-refractivity contribution is -0.137. The summed E-state index contributed by atoms with van der Waals surface area (Å²) in [5.74, 6) is -0.668. The van der Waals surface area contributed by atoms with Gasteiger partial charge in [-0.05, 0) is 49.9 Å². The number of carbonyl (C=O) groups excluding carboxylic acids is 2. The van der Waals surface area contributed by atoms with Crippen molar-refractivity contribution in [3.63, 3.8) is 0 Å². The van der Waals surface area contributed by atoms with Gasteiger partial charge in [0.15, 0.2) is 0 Å². The quantitative estimate of drug-likeness (QED) is 0.153. The first kappa shape index (κ1) is 31.1. The number of aryl methyl sites for hydroxylation is 1. The molecule has 2 aromatic rings. The first-order valence-corrected chi connectivity index (χ1v) is 12.9. The van der Waals surface area contributed by atoms with Gasteiger partial charge in [-0.1, -0.05) is 6.07 Å². The highest BCUT2D eigenvalue weighted by Crippen LogP contribution is 2.37. The topological polar surface area (TPSA) is 156 Å². The molecular formula is C22H23F4N4O6PS. The third-order valence-electron chi connectivity index (χ3n) is 4.86. The van der Waals surface area contributed by atoms with E-state index in [1.807, 2.05) is 0 Å². The largest absolute Gasteiger partial charge is 0.469 e. The number of amides is 1. The van der Waals surface area contributed by atoms with Gasteiger partial charge in [0.05, 0.1) is 18.7 Å². The molecule has 2 rings (SSSR count). The number of thioether (sulfide) groups is 1. The molecule has 38 heavy (non-hydrogen) atoms. The summed E-state index contributed by atoms with van der Waals surface area (Å²) >= 11 is 0.552. The van der Waals surface area contributed by atoms with Crippen LogP contribution in [0, 0.1) is 12.7 Å². The van der Waals surface area contributed by atoms with Crippen molar-refractivity contribution in [2.75, 3.05) is 12.3 Å². The van der Waals surface area contributed by atoms with Crippen molar-refractivity contribution in [2.45, 2.75) is 33.0 Å². The Morgan fingerprint density at radius 1 is 1.32 bits per heavy atom. The molecule has 10 nitrogen and oxygen atoms in total. The highest BCUT2D eigenvalue weighted by Gasteiger charge is 2.31. The van der Waals surface area contributed by atoms with Crippen LogP contribution in [-0.2, 0) is 31.4 Å². The number of hydrogen-bond donors (Lipinski definition) is 3. The van der Waals surface area contributed by atoms with Crippen molar-refractivity contribution >= 4 is 43.0 Å². The lowest BCUT2D eigenvalue weighted by Crippen LogP contribution is -2.22. The molecule has 1 amide bonds. The van der Waals surface area contributed by atoms with E-state index < -0.39 is 37.1 Å². The molecule has 1 heterocycles. The minimum atomic E-state index is -4.83. The number of phosphoric acid groups is 1. The molecule has 0 saturated heterocycles. The van der Waals surface area contributed by atoms with E-state index >= 15 is 0 Å². The Balaban J connectivity index is 2.29. The van der Waals surface area contributed by atoms with Crippen LogP contribution < -0.4 is 5.73 Å². The van der Waals surface area contributed by atoms with Crippen LogP contribution in [0.2, 0.25) is 0 Å². The minimum absolute atomic E-state index is 0.0916. The average Bonchev–Trinajstić information content (AvgIpc) is 2.80. The Hall–Kier alpha value is -3.10. The SMILES string of the molecule is C/C(=C(\CCOP(=O)(O)O)SC(=O)/C=C/c1ccc(C(F)(F)F)cc1F)N(C=O)Cc1cnc(C)nc1N. The van der Waals surface area contributed by atoms with E-state index in [9.17, 15) is 31.7 Å². The number of alkyl halides is 3. The first-order chi connectivity index (χ1) is 17.6. The molecule has 4 N–H and O–H groups in total. The molecule has 0 aliphatic heterocycles. The number of nitrogens with two attached hydrogens (primary N) is 1. The van der Waals surface area contributed by atoms with Crippen LogP contribution in [0.1, 0.15) is 35.9 Å². The Bertz CT molecular complexity index is 1300. The second-order valence-electron chi connectivity index (χ2n) is 7.63. The maximum absolute atomic E-state index is 14.1. The molecule has 1 aromatic carbocycles. The number of rotatable bonds is 11. The molecule has 0 radical (unpaired) electrons. The van der Waals surface area contributed by atoms with Gasteiger partial charge < -0.3 is 20.4 Å². The zero-order chi connectivity index (χ0) is 28.7. The van der Waals surface area contributed by atoms with Gasteiger partial charge in [0.25, 0.3) is 0 Å². The van der Waals surface area contributed by atoms with Gasteiger partial charge in [0, 0.05) is 34.3 Å².